The molecule has 3 aromatic rings. The molecule has 140 valence electrons. The highest BCUT2D eigenvalue weighted by molar-refractivity contribution is 8.27. The van der Waals surface area contributed by atoms with E-state index in [9.17, 15) is 18.0 Å². The van der Waals surface area contributed by atoms with Gasteiger partial charge in [-0.2, -0.15) is 13.2 Å². The molecule has 1 aliphatic rings. The summed E-state index contributed by atoms with van der Waals surface area (Å²) in [5.41, 5.74) is 0.137. The number of fused-ring (bicyclic) bond motifs is 1. The first-order valence-electron chi connectivity index (χ1n) is 8.27. The zero-order chi connectivity index (χ0) is 19.9. The van der Waals surface area contributed by atoms with Crippen molar-refractivity contribution in [3.05, 3.63) is 82.8 Å². The van der Waals surface area contributed by atoms with E-state index in [0.717, 1.165) is 45.1 Å². The first-order chi connectivity index (χ1) is 13.3. The Morgan fingerprint density at radius 1 is 0.964 bits per heavy atom. The Morgan fingerprint density at radius 2 is 1.68 bits per heavy atom. The molecule has 1 aliphatic heterocycles. The van der Waals surface area contributed by atoms with Gasteiger partial charge in [0.15, 0.2) is 4.32 Å². The van der Waals surface area contributed by atoms with Crippen LogP contribution in [0.3, 0.4) is 0 Å². The van der Waals surface area contributed by atoms with Crippen molar-refractivity contribution in [1.82, 2.24) is 0 Å². The van der Waals surface area contributed by atoms with E-state index < -0.39 is 17.6 Å². The number of amides is 1. The number of thioether (sulfide) groups is 1. The van der Waals surface area contributed by atoms with Gasteiger partial charge in [0.1, 0.15) is 0 Å². The van der Waals surface area contributed by atoms with Crippen molar-refractivity contribution in [3.8, 4) is 0 Å². The highest BCUT2D eigenvalue weighted by Crippen LogP contribution is 2.39. The number of anilines is 1. The van der Waals surface area contributed by atoms with Crippen LogP contribution in [-0.4, -0.2) is 10.2 Å². The third kappa shape index (κ3) is 3.43. The Labute approximate surface area is 168 Å². The van der Waals surface area contributed by atoms with Crippen molar-refractivity contribution < 1.29 is 18.0 Å². The molecule has 0 atom stereocenters. The van der Waals surface area contributed by atoms with Crippen LogP contribution in [0.1, 0.15) is 11.1 Å². The van der Waals surface area contributed by atoms with Gasteiger partial charge < -0.3 is 0 Å². The second-order valence-corrected chi connectivity index (χ2v) is 7.81. The summed E-state index contributed by atoms with van der Waals surface area (Å²) < 4.78 is 39.2. The largest absolute Gasteiger partial charge is 0.416 e. The lowest BCUT2D eigenvalue weighted by atomic mass is 10.0. The molecule has 2 nitrogen and oxygen atoms in total. The minimum Gasteiger partial charge on any atom is -0.268 e. The minimum absolute atomic E-state index is 0.110. The van der Waals surface area contributed by atoms with E-state index in [-0.39, 0.29) is 10.0 Å². The van der Waals surface area contributed by atoms with E-state index in [0.29, 0.717) is 4.91 Å². The summed E-state index contributed by atoms with van der Waals surface area (Å²) in [7, 11) is 0. The molecule has 1 fully saturated rings. The van der Waals surface area contributed by atoms with Crippen molar-refractivity contribution >= 4 is 56.7 Å². The summed E-state index contributed by atoms with van der Waals surface area (Å²) in [6, 6.07) is 18.1. The molecule has 3 aromatic carbocycles. The minimum atomic E-state index is -4.49. The van der Waals surface area contributed by atoms with E-state index in [1.165, 1.54) is 12.1 Å². The number of hydrogen-bond acceptors (Lipinski definition) is 3. The van der Waals surface area contributed by atoms with E-state index >= 15 is 0 Å². The zero-order valence-corrected chi connectivity index (χ0v) is 15.9. The lowest BCUT2D eigenvalue weighted by Crippen LogP contribution is -2.27. The molecule has 0 aromatic heterocycles. The zero-order valence-electron chi connectivity index (χ0n) is 14.2. The van der Waals surface area contributed by atoms with Gasteiger partial charge in [-0.25, -0.2) is 0 Å². The average Bonchev–Trinajstić information content (AvgIpc) is 2.95. The van der Waals surface area contributed by atoms with Crippen LogP contribution in [-0.2, 0) is 11.0 Å². The van der Waals surface area contributed by atoms with Crippen LogP contribution in [0.15, 0.2) is 71.6 Å². The number of carbonyl (C=O) groups excluding carboxylic acids is 1. The van der Waals surface area contributed by atoms with E-state index in [4.69, 9.17) is 12.2 Å². The summed E-state index contributed by atoms with van der Waals surface area (Å²) in [5, 5.41) is 2.01. The summed E-state index contributed by atoms with van der Waals surface area (Å²) in [4.78, 5) is 14.4. The summed E-state index contributed by atoms with van der Waals surface area (Å²) >= 11 is 6.35. The van der Waals surface area contributed by atoms with Gasteiger partial charge in [-0.05, 0) is 40.6 Å². The van der Waals surface area contributed by atoms with Gasteiger partial charge >= 0.3 is 6.18 Å². The maximum Gasteiger partial charge on any atom is 0.416 e. The fourth-order valence-electron chi connectivity index (χ4n) is 3.03. The van der Waals surface area contributed by atoms with Gasteiger partial charge in [0.2, 0.25) is 0 Å². The predicted molar refractivity (Wildman–Crippen MR) is 111 cm³/mol. The molecule has 1 heterocycles. The summed E-state index contributed by atoms with van der Waals surface area (Å²) in [6.45, 7) is 0. The molecule has 7 heteroatoms. The van der Waals surface area contributed by atoms with Gasteiger partial charge in [-0.1, -0.05) is 72.5 Å². The van der Waals surface area contributed by atoms with E-state index in [1.807, 2.05) is 42.5 Å². The number of thiocarbonyl (C=S) groups is 1. The van der Waals surface area contributed by atoms with Crippen LogP contribution in [0.5, 0.6) is 0 Å². The number of nitrogens with zero attached hydrogens (tertiary/aromatic N) is 1. The molecule has 28 heavy (non-hydrogen) atoms. The molecule has 1 saturated heterocycles. The molecule has 0 spiro atoms. The number of rotatable bonds is 2. The van der Waals surface area contributed by atoms with Crippen molar-refractivity contribution in [3.63, 3.8) is 0 Å². The molecule has 1 amide bonds. The maximum absolute atomic E-state index is 13.0. The van der Waals surface area contributed by atoms with Gasteiger partial charge in [0.25, 0.3) is 5.91 Å². The second kappa shape index (κ2) is 7.07. The molecular weight excluding hydrogens is 403 g/mol. The summed E-state index contributed by atoms with van der Waals surface area (Å²) in [5.74, 6) is -0.428. The fourth-order valence-corrected chi connectivity index (χ4v) is 4.32. The Kier molecular flexibility index (Phi) is 4.72. The van der Waals surface area contributed by atoms with Crippen molar-refractivity contribution in [2.24, 2.45) is 0 Å². The van der Waals surface area contributed by atoms with Crippen LogP contribution < -0.4 is 4.90 Å². The van der Waals surface area contributed by atoms with Crippen LogP contribution in [0.2, 0.25) is 0 Å². The van der Waals surface area contributed by atoms with Crippen LogP contribution >= 0.6 is 24.0 Å². The standard InChI is InChI=1S/C21H12F3NOS2/c22-21(23,24)15-8-4-9-16(12-15)25-19(26)18(28-20(25)27)11-14-7-3-6-13-5-1-2-10-17(13)14/h1-12H. The molecule has 0 aliphatic carbocycles. The fraction of sp³-hybridized carbons (Fsp3) is 0.0476. The lowest BCUT2D eigenvalue weighted by molar-refractivity contribution is -0.137. The molecule has 0 bridgehead atoms. The third-order valence-electron chi connectivity index (χ3n) is 4.34. The Morgan fingerprint density at radius 3 is 2.46 bits per heavy atom. The molecule has 0 radical (unpaired) electrons. The van der Waals surface area contributed by atoms with Crippen LogP contribution in [0.4, 0.5) is 18.9 Å². The normalized spacial score (nSPS) is 16.4. The SMILES string of the molecule is O=C1C(=Cc2cccc3ccccc23)SC(=S)N1c1cccc(C(F)(F)F)c1. The number of benzene rings is 3. The highest BCUT2D eigenvalue weighted by atomic mass is 32.2. The monoisotopic (exact) mass is 415 g/mol. The number of alkyl halides is 3. The molecule has 0 unspecified atom stereocenters. The van der Waals surface area contributed by atoms with Gasteiger partial charge in [0.05, 0.1) is 16.2 Å². The molecule has 4 rings (SSSR count). The van der Waals surface area contributed by atoms with E-state index in [2.05, 4.69) is 0 Å². The number of carbonyl (C=O) groups is 1. The molecule has 0 N–H and O–H groups in total. The van der Waals surface area contributed by atoms with Crippen molar-refractivity contribution in [2.45, 2.75) is 6.18 Å². The highest BCUT2D eigenvalue weighted by Gasteiger charge is 2.36. The van der Waals surface area contributed by atoms with Gasteiger partial charge in [0, 0.05) is 0 Å². The second-order valence-electron chi connectivity index (χ2n) is 6.13. The third-order valence-corrected chi connectivity index (χ3v) is 5.64. The quantitative estimate of drug-likeness (QED) is 0.364. The first kappa shape index (κ1) is 18.7. The number of hydrogen-bond donors (Lipinski definition) is 0. The predicted octanol–water partition coefficient (Wildman–Crippen LogP) is 6.26. The number of halogens is 3. The van der Waals surface area contributed by atoms with Gasteiger partial charge in [-0.3, -0.25) is 9.69 Å². The van der Waals surface area contributed by atoms with E-state index in [1.54, 1.807) is 6.08 Å². The van der Waals surface area contributed by atoms with Gasteiger partial charge in [-0.15, -0.1) is 0 Å². The lowest BCUT2D eigenvalue weighted by Gasteiger charge is -2.16. The smallest absolute Gasteiger partial charge is 0.268 e. The molecule has 0 saturated carbocycles. The average molecular weight is 415 g/mol. The van der Waals surface area contributed by atoms with Crippen molar-refractivity contribution in [2.75, 3.05) is 4.90 Å². The topological polar surface area (TPSA) is 20.3 Å². The Balaban J connectivity index is 1.73. The van der Waals surface area contributed by atoms with Crippen molar-refractivity contribution in [1.29, 1.82) is 0 Å². The Hall–Kier alpha value is -2.64. The Bertz CT molecular complexity index is 1130. The van der Waals surface area contributed by atoms with Crippen LogP contribution in [0, 0.1) is 0 Å². The maximum atomic E-state index is 13.0. The summed E-state index contributed by atoms with van der Waals surface area (Å²) in [6.07, 6.45) is -2.76. The first-order valence-corrected chi connectivity index (χ1v) is 9.50. The molecular formula is C21H12F3NOS2. The van der Waals surface area contributed by atoms with Crippen LogP contribution in [0.25, 0.3) is 16.8 Å².